The molecule has 1 heterocycles. The van der Waals surface area contributed by atoms with Gasteiger partial charge < -0.3 is 5.32 Å². The first-order valence-electron chi connectivity index (χ1n) is 7.11. The van der Waals surface area contributed by atoms with Crippen LogP contribution in [0.3, 0.4) is 0 Å². The molecule has 0 fully saturated rings. The molecule has 0 bridgehead atoms. The molecule has 1 amide bonds. The molecule has 23 heavy (non-hydrogen) atoms. The third kappa shape index (κ3) is 3.88. The lowest BCUT2D eigenvalue weighted by Crippen LogP contribution is -2.28. The molecule has 1 atom stereocenters. The zero-order valence-corrected chi connectivity index (χ0v) is 13.0. The topological polar surface area (TPSA) is 42.0 Å². The summed E-state index contributed by atoms with van der Waals surface area (Å²) in [6.45, 7) is 5.15. The molecule has 1 N–H and O–H groups in total. The van der Waals surface area contributed by atoms with Gasteiger partial charge in [-0.25, -0.2) is 4.98 Å². The lowest BCUT2D eigenvalue weighted by Gasteiger charge is -2.17. The largest absolute Gasteiger partial charge is 0.433 e. The molecular weight excluding hydrogens is 305 g/mol. The van der Waals surface area contributed by atoms with Gasteiger partial charge in [0.15, 0.2) is 0 Å². The van der Waals surface area contributed by atoms with Crippen molar-refractivity contribution < 1.29 is 18.0 Å². The summed E-state index contributed by atoms with van der Waals surface area (Å²) in [7, 11) is 0. The standard InChI is InChI=1S/C17H17F3N2O/c1-10-6-4-5-7-13(10)11(2)22-16(23)14-8-9-15(17(18,19)20)21-12(14)3/h4-9,11H,1-3H3,(H,22,23). The van der Waals surface area contributed by atoms with Crippen molar-refractivity contribution >= 4 is 5.91 Å². The summed E-state index contributed by atoms with van der Waals surface area (Å²) in [6, 6.07) is 9.32. The number of hydrogen-bond donors (Lipinski definition) is 1. The molecule has 2 rings (SSSR count). The average Bonchev–Trinajstić information content (AvgIpc) is 2.46. The molecule has 1 unspecified atom stereocenters. The van der Waals surface area contributed by atoms with E-state index in [4.69, 9.17) is 0 Å². The van der Waals surface area contributed by atoms with E-state index < -0.39 is 17.8 Å². The first kappa shape index (κ1) is 17.0. The molecule has 1 aromatic carbocycles. The third-order valence-corrected chi connectivity index (χ3v) is 3.62. The molecular formula is C17H17F3N2O. The Morgan fingerprint density at radius 3 is 2.35 bits per heavy atom. The first-order chi connectivity index (χ1) is 10.7. The van der Waals surface area contributed by atoms with Gasteiger partial charge in [0.25, 0.3) is 5.91 Å². The van der Waals surface area contributed by atoms with Crippen LogP contribution < -0.4 is 5.32 Å². The summed E-state index contributed by atoms with van der Waals surface area (Å²) in [5, 5.41) is 2.79. The summed E-state index contributed by atoms with van der Waals surface area (Å²) in [4.78, 5) is 15.8. The smallest absolute Gasteiger partial charge is 0.345 e. The van der Waals surface area contributed by atoms with Crippen LogP contribution in [-0.2, 0) is 6.18 Å². The van der Waals surface area contributed by atoms with E-state index in [2.05, 4.69) is 10.3 Å². The van der Waals surface area contributed by atoms with Crippen molar-refractivity contribution in [1.29, 1.82) is 0 Å². The molecule has 0 saturated heterocycles. The predicted octanol–water partition coefficient (Wildman–Crippen LogP) is 4.21. The summed E-state index contributed by atoms with van der Waals surface area (Å²) >= 11 is 0. The number of alkyl halides is 3. The van der Waals surface area contributed by atoms with Gasteiger partial charge in [0.2, 0.25) is 0 Å². The van der Waals surface area contributed by atoms with Gasteiger partial charge in [-0.2, -0.15) is 13.2 Å². The Bertz CT molecular complexity index is 726. The van der Waals surface area contributed by atoms with E-state index in [1.165, 1.54) is 6.92 Å². The van der Waals surface area contributed by atoms with Crippen LogP contribution >= 0.6 is 0 Å². The van der Waals surface area contributed by atoms with Crippen molar-refractivity contribution in [2.75, 3.05) is 0 Å². The summed E-state index contributed by atoms with van der Waals surface area (Å²) in [5.74, 6) is -0.445. The number of rotatable bonds is 3. The number of nitrogens with zero attached hydrogens (tertiary/aromatic N) is 1. The molecule has 0 spiro atoms. The zero-order valence-electron chi connectivity index (χ0n) is 13.0. The van der Waals surface area contributed by atoms with Crippen LogP contribution in [0.1, 0.15) is 45.8 Å². The molecule has 0 radical (unpaired) electrons. The van der Waals surface area contributed by atoms with E-state index >= 15 is 0 Å². The average molecular weight is 322 g/mol. The molecule has 1 aromatic heterocycles. The van der Waals surface area contributed by atoms with E-state index in [-0.39, 0.29) is 17.3 Å². The highest BCUT2D eigenvalue weighted by Gasteiger charge is 2.33. The number of amides is 1. The minimum atomic E-state index is -4.52. The normalized spacial score (nSPS) is 12.8. The first-order valence-corrected chi connectivity index (χ1v) is 7.11. The van der Waals surface area contributed by atoms with Gasteiger partial charge in [-0.15, -0.1) is 0 Å². The lowest BCUT2D eigenvalue weighted by atomic mass is 10.0. The van der Waals surface area contributed by atoms with Gasteiger partial charge in [0.05, 0.1) is 17.3 Å². The van der Waals surface area contributed by atoms with E-state index in [0.29, 0.717) is 0 Å². The van der Waals surface area contributed by atoms with E-state index in [1.807, 2.05) is 38.1 Å². The number of nitrogens with one attached hydrogen (secondary N) is 1. The molecule has 2 aromatic rings. The van der Waals surface area contributed by atoms with Crippen molar-refractivity contribution in [3.63, 3.8) is 0 Å². The fourth-order valence-electron chi connectivity index (χ4n) is 2.38. The van der Waals surface area contributed by atoms with Gasteiger partial charge in [0.1, 0.15) is 5.69 Å². The Hall–Kier alpha value is -2.37. The van der Waals surface area contributed by atoms with Crippen LogP contribution in [0.15, 0.2) is 36.4 Å². The Balaban J connectivity index is 2.20. The van der Waals surface area contributed by atoms with Gasteiger partial charge in [0, 0.05) is 0 Å². The maximum Gasteiger partial charge on any atom is 0.433 e. The summed E-state index contributed by atoms with van der Waals surface area (Å²) < 4.78 is 37.8. The van der Waals surface area contributed by atoms with E-state index in [0.717, 1.165) is 23.3 Å². The second-order valence-corrected chi connectivity index (χ2v) is 5.38. The number of benzene rings is 1. The number of carbonyl (C=O) groups excluding carboxylic acids is 1. The second kappa shape index (κ2) is 6.40. The zero-order chi connectivity index (χ0) is 17.2. The number of aryl methyl sites for hydroxylation is 2. The Kier molecular flexibility index (Phi) is 4.73. The van der Waals surface area contributed by atoms with Crippen LogP contribution in [0, 0.1) is 13.8 Å². The van der Waals surface area contributed by atoms with Crippen molar-refractivity contribution in [1.82, 2.24) is 10.3 Å². The summed E-state index contributed by atoms with van der Waals surface area (Å²) in [5.41, 5.74) is 1.17. The Morgan fingerprint density at radius 2 is 1.78 bits per heavy atom. The quantitative estimate of drug-likeness (QED) is 0.920. The fraction of sp³-hybridized carbons (Fsp3) is 0.294. The van der Waals surface area contributed by atoms with E-state index in [9.17, 15) is 18.0 Å². The lowest BCUT2D eigenvalue weighted by molar-refractivity contribution is -0.141. The number of aromatic nitrogens is 1. The third-order valence-electron chi connectivity index (χ3n) is 3.62. The van der Waals surface area contributed by atoms with Crippen molar-refractivity contribution in [3.8, 4) is 0 Å². The van der Waals surface area contributed by atoms with Crippen LogP contribution in [0.4, 0.5) is 13.2 Å². The number of hydrogen-bond acceptors (Lipinski definition) is 2. The highest BCUT2D eigenvalue weighted by atomic mass is 19.4. The number of carbonyl (C=O) groups is 1. The maximum absolute atomic E-state index is 12.6. The molecule has 0 aliphatic heterocycles. The molecule has 6 heteroatoms. The van der Waals surface area contributed by atoms with Gasteiger partial charge >= 0.3 is 6.18 Å². The SMILES string of the molecule is Cc1ccccc1C(C)NC(=O)c1ccc(C(F)(F)F)nc1C. The van der Waals surface area contributed by atoms with Gasteiger partial charge in [-0.3, -0.25) is 4.79 Å². The van der Waals surface area contributed by atoms with Crippen molar-refractivity contribution in [3.05, 3.63) is 64.5 Å². The van der Waals surface area contributed by atoms with Crippen molar-refractivity contribution in [2.45, 2.75) is 33.0 Å². The minimum absolute atomic E-state index is 0.0503. The van der Waals surface area contributed by atoms with E-state index in [1.54, 1.807) is 0 Å². The second-order valence-electron chi connectivity index (χ2n) is 5.38. The molecule has 3 nitrogen and oxygen atoms in total. The Labute approximate surface area is 132 Å². The van der Waals surface area contributed by atoms with Crippen LogP contribution in [0.25, 0.3) is 0 Å². The van der Waals surface area contributed by atoms with Crippen LogP contribution in [0.2, 0.25) is 0 Å². The van der Waals surface area contributed by atoms with Crippen LogP contribution in [0.5, 0.6) is 0 Å². The summed E-state index contributed by atoms with van der Waals surface area (Å²) in [6.07, 6.45) is -4.52. The molecule has 0 aliphatic carbocycles. The predicted molar refractivity (Wildman–Crippen MR) is 81.0 cm³/mol. The van der Waals surface area contributed by atoms with Crippen molar-refractivity contribution in [2.24, 2.45) is 0 Å². The minimum Gasteiger partial charge on any atom is -0.345 e. The highest BCUT2D eigenvalue weighted by molar-refractivity contribution is 5.95. The fourth-order valence-corrected chi connectivity index (χ4v) is 2.38. The Morgan fingerprint density at radius 1 is 1.13 bits per heavy atom. The van der Waals surface area contributed by atoms with Gasteiger partial charge in [-0.05, 0) is 44.0 Å². The number of halogens is 3. The highest BCUT2D eigenvalue weighted by Crippen LogP contribution is 2.28. The maximum atomic E-state index is 12.6. The molecule has 122 valence electrons. The number of pyridine rings is 1. The molecule has 0 saturated carbocycles. The van der Waals surface area contributed by atoms with Gasteiger partial charge in [-0.1, -0.05) is 24.3 Å². The monoisotopic (exact) mass is 322 g/mol. The van der Waals surface area contributed by atoms with Crippen LogP contribution in [-0.4, -0.2) is 10.9 Å². The molecule has 0 aliphatic rings.